The molecule has 2 N–H and O–H groups in total. The summed E-state index contributed by atoms with van der Waals surface area (Å²) in [4.78, 5) is 11.9. The van der Waals surface area contributed by atoms with Crippen LogP contribution >= 0.6 is 24.0 Å². The number of methoxy groups -OCH3 is 1. The normalized spacial score (nSPS) is 15.3. The number of hydrogen-bond acceptors (Lipinski definition) is 3. The van der Waals surface area contributed by atoms with Crippen molar-refractivity contribution in [3.63, 3.8) is 0 Å². The standard InChI is InChI=1S/C14H19ClN2O2.ClH/c1-19-8-7-16-10-13(18)17-14(5-6-14)11-3-2-4-12(15)9-11;/h2-4,9,16H,5-8,10H2,1H3,(H,17,18);1H. The van der Waals surface area contributed by atoms with Gasteiger partial charge >= 0.3 is 0 Å². The van der Waals surface area contributed by atoms with Crippen LogP contribution in [0.3, 0.4) is 0 Å². The lowest BCUT2D eigenvalue weighted by atomic mass is 10.1. The number of carbonyl (C=O) groups excluding carboxylic acids is 1. The molecule has 0 spiro atoms. The van der Waals surface area contributed by atoms with Crippen molar-refractivity contribution in [1.29, 1.82) is 0 Å². The van der Waals surface area contributed by atoms with Crippen LogP contribution in [0, 0.1) is 0 Å². The zero-order valence-corrected chi connectivity index (χ0v) is 13.0. The van der Waals surface area contributed by atoms with Gasteiger partial charge in [0.2, 0.25) is 5.91 Å². The minimum atomic E-state index is -0.203. The largest absolute Gasteiger partial charge is 0.383 e. The number of benzene rings is 1. The highest BCUT2D eigenvalue weighted by Crippen LogP contribution is 2.45. The van der Waals surface area contributed by atoms with Gasteiger partial charge in [0.1, 0.15) is 0 Å². The fourth-order valence-corrected chi connectivity index (χ4v) is 2.27. The monoisotopic (exact) mass is 318 g/mol. The number of amides is 1. The Bertz CT molecular complexity index is 451. The first-order valence-corrected chi connectivity index (χ1v) is 6.81. The summed E-state index contributed by atoms with van der Waals surface area (Å²) in [6.45, 7) is 1.59. The van der Waals surface area contributed by atoms with Gasteiger partial charge in [-0.1, -0.05) is 23.7 Å². The van der Waals surface area contributed by atoms with E-state index < -0.39 is 0 Å². The molecule has 1 aromatic rings. The average molecular weight is 319 g/mol. The Morgan fingerprint density at radius 3 is 2.80 bits per heavy atom. The third-order valence-electron chi connectivity index (χ3n) is 3.27. The van der Waals surface area contributed by atoms with Crippen molar-refractivity contribution in [1.82, 2.24) is 10.6 Å². The molecule has 2 rings (SSSR count). The Morgan fingerprint density at radius 2 is 2.20 bits per heavy atom. The molecule has 0 saturated heterocycles. The van der Waals surface area contributed by atoms with E-state index in [-0.39, 0.29) is 23.9 Å². The molecule has 0 aromatic heterocycles. The van der Waals surface area contributed by atoms with Crippen LogP contribution in [0.1, 0.15) is 18.4 Å². The Kier molecular flexibility index (Phi) is 6.76. The first-order valence-electron chi connectivity index (χ1n) is 6.43. The number of halogens is 2. The van der Waals surface area contributed by atoms with Crippen LogP contribution < -0.4 is 10.6 Å². The predicted octanol–water partition coefficient (Wildman–Crippen LogP) is 2.10. The lowest BCUT2D eigenvalue weighted by molar-refractivity contribution is -0.121. The molecule has 0 radical (unpaired) electrons. The second-order valence-electron chi connectivity index (χ2n) is 4.81. The van der Waals surface area contributed by atoms with Crippen molar-refractivity contribution in [2.45, 2.75) is 18.4 Å². The van der Waals surface area contributed by atoms with Crippen LogP contribution in [0.5, 0.6) is 0 Å². The van der Waals surface area contributed by atoms with Crippen LogP contribution in [-0.4, -0.2) is 32.7 Å². The molecule has 1 aliphatic rings. The van der Waals surface area contributed by atoms with Gasteiger partial charge < -0.3 is 15.4 Å². The molecule has 1 aromatic carbocycles. The molecule has 0 heterocycles. The summed E-state index contributed by atoms with van der Waals surface area (Å²) in [5, 5.41) is 6.83. The zero-order chi connectivity index (χ0) is 13.7. The lowest BCUT2D eigenvalue weighted by Gasteiger charge is -2.18. The highest BCUT2D eigenvalue weighted by molar-refractivity contribution is 6.30. The number of nitrogens with one attached hydrogen (secondary N) is 2. The Balaban J connectivity index is 0.00000200. The van der Waals surface area contributed by atoms with Gasteiger partial charge in [-0.2, -0.15) is 0 Å². The lowest BCUT2D eigenvalue weighted by Crippen LogP contribution is -2.41. The number of carbonyl (C=O) groups is 1. The van der Waals surface area contributed by atoms with E-state index >= 15 is 0 Å². The third-order valence-corrected chi connectivity index (χ3v) is 3.51. The van der Waals surface area contributed by atoms with Gasteiger partial charge in [0.15, 0.2) is 0 Å². The topological polar surface area (TPSA) is 50.4 Å². The minimum Gasteiger partial charge on any atom is -0.383 e. The van der Waals surface area contributed by atoms with Crippen molar-refractivity contribution in [3.8, 4) is 0 Å². The molecule has 0 bridgehead atoms. The van der Waals surface area contributed by atoms with Crippen molar-refractivity contribution in [2.75, 3.05) is 26.8 Å². The van der Waals surface area contributed by atoms with Crippen LogP contribution in [0.2, 0.25) is 5.02 Å². The van der Waals surface area contributed by atoms with E-state index in [4.69, 9.17) is 16.3 Å². The summed E-state index contributed by atoms with van der Waals surface area (Å²) in [6.07, 6.45) is 1.94. The third kappa shape index (κ3) is 4.63. The highest BCUT2D eigenvalue weighted by Gasteiger charge is 2.45. The Morgan fingerprint density at radius 1 is 1.45 bits per heavy atom. The van der Waals surface area contributed by atoms with Crippen LogP contribution in [0.15, 0.2) is 24.3 Å². The maximum absolute atomic E-state index is 11.9. The van der Waals surface area contributed by atoms with Crippen LogP contribution in [0.25, 0.3) is 0 Å². The van der Waals surface area contributed by atoms with E-state index in [9.17, 15) is 4.79 Å². The van der Waals surface area contributed by atoms with Crippen LogP contribution in [-0.2, 0) is 15.1 Å². The Hall–Kier alpha value is -0.810. The van der Waals surface area contributed by atoms with Gasteiger partial charge in [-0.3, -0.25) is 4.79 Å². The van der Waals surface area contributed by atoms with Gasteiger partial charge in [-0.05, 0) is 30.5 Å². The molecule has 0 aliphatic heterocycles. The molecular formula is C14H20Cl2N2O2. The summed E-state index contributed by atoms with van der Waals surface area (Å²) in [5.41, 5.74) is 0.885. The molecule has 1 fully saturated rings. The maximum atomic E-state index is 11.9. The summed E-state index contributed by atoms with van der Waals surface area (Å²) >= 11 is 5.99. The van der Waals surface area contributed by atoms with Crippen LogP contribution in [0.4, 0.5) is 0 Å². The van der Waals surface area contributed by atoms with E-state index in [0.29, 0.717) is 24.7 Å². The smallest absolute Gasteiger partial charge is 0.234 e. The summed E-state index contributed by atoms with van der Waals surface area (Å²) in [5.74, 6) is 0.00794. The van der Waals surface area contributed by atoms with E-state index in [1.165, 1.54) is 0 Å². The second kappa shape index (κ2) is 7.84. The number of ether oxygens (including phenoxy) is 1. The minimum absolute atomic E-state index is 0. The maximum Gasteiger partial charge on any atom is 0.234 e. The first-order chi connectivity index (χ1) is 9.16. The molecule has 112 valence electrons. The molecule has 1 saturated carbocycles. The SMILES string of the molecule is COCCNCC(=O)NC1(c2cccc(Cl)c2)CC1.Cl. The van der Waals surface area contributed by atoms with E-state index in [1.807, 2.05) is 24.3 Å². The van der Waals surface area contributed by atoms with E-state index in [1.54, 1.807) is 7.11 Å². The molecular weight excluding hydrogens is 299 g/mol. The second-order valence-corrected chi connectivity index (χ2v) is 5.25. The molecule has 0 atom stereocenters. The summed E-state index contributed by atoms with van der Waals surface area (Å²) < 4.78 is 4.91. The summed E-state index contributed by atoms with van der Waals surface area (Å²) in [7, 11) is 1.64. The predicted molar refractivity (Wildman–Crippen MR) is 82.5 cm³/mol. The molecule has 4 nitrogen and oxygen atoms in total. The van der Waals surface area contributed by atoms with Crippen molar-refractivity contribution < 1.29 is 9.53 Å². The average Bonchev–Trinajstić information content (AvgIpc) is 3.16. The van der Waals surface area contributed by atoms with E-state index in [2.05, 4.69) is 10.6 Å². The first kappa shape index (κ1) is 17.2. The van der Waals surface area contributed by atoms with E-state index in [0.717, 1.165) is 18.4 Å². The fraction of sp³-hybridized carbons (Fsp3) is 0.500. The molecule has 0 unspecified atom stereocenters. The van der Waals surface area contributed by atoms with Gasteiger partial charge in [-0.25, -0.2) is 0 Å². The van der Waals surface area contributed by atoms with Crippen molar-refractivity contribution >= 4 is 29.9 Å². The van der Waals surface area contributed by atoms with Crippen molar-refractivity contribution in [2.24, 2.45) is 0 Å². The number of hydrogen-bond donors (Lipinski definition) is 2. The summed E-state index contributed by atoms with van der Waals surface area (Å²) in [6, 6.07) is 7.70. The quantitative estimate of drug-likeness (QED) is 0.757. The highest BCUT2D eigenvalue weighted by atomic mass is 35.5. The number of rotatable bonds is 7. The molecule has 1 amide bonds. The molecule has 20 heavy (non-hydrogen) atoms. The Labute approximate surface area is 130 Å². The van der Waals surface area contributed by atoms with Crippen molar-refractivity contribution in [3.05, 3.63) is 34.9 Å². The fourth-order valence-electron chi connectivity index (χ4n) is 2.08. The zero-order valence-electron chi connectivity index (χ0n) is 11.4. The van der Waals surface area contributed by atoms with Gasteiger partial charge in [0.05, 0.1) is 18.7 Å². The van der Waals surface area contributed by atoms with Gasteiger partial charge in [0.25, 0.3) is 0 Å². The molecule has 1 aliphatic carbocycles. The van der Waals surface area contributed by atoms with Gasteiger partial charge in [0, 0.05) is 18.7 Å². The molecule has 6 heteroatoms. The van der Waals surface area contributed by atoms with Gasteiger partial charge in [-0.15, -0.1) is 12.4 Å².